The van der Waals surface area contributed by atoms with Crippen LogP contribution in [-0.4, -0.2) is 26.7 Å². The molecular formula is C15H23NOSi. The SMILES string of the molecule is C[Si](C)(C)OC1CCC(Cc2ccccc2)=NC1. The Kier molecular flexibility index (Phi) is 4.35. The summed E-state index contributed by atoms with van der Waals surface area (Å²) in [5, 5.41) is 0. The van der Waals surface area contributed by atoms with Gasteiger partial charge in [0, 0.05) is 12.1 Å². The van der Waals surface area contributed by atoms with Gasteiger partial charge in [0.15, 0.2) is 8.32 Å². The maximum absolute atomic E-state index is 6.11. The van der Waals surface area contributed by atoms with E-state index in [0.29, 0.717) is 6.10 Å². The molecule has 18 heavy (non-hydrogen) atoms. The fraction of sp³-hybridized carbons (Fsp3) is 0.533. The molecule has 0 saturated carbocycles. The fourth-order valence-corrected chi connectivity index (χ4v) is 3.49. The van der Waals surface area contributed by atoms with Gasteiger partial charge in [0.1, 0.15) is 0 Å². The van der Waals surface area contributed by atoms with Gasteiger partial charge in [-0.2, -0.15) is 0 Å². The Morgan fingerprint density at radius 3 is 2.50 bits per heavy atom. The van der Waals surface area contributed by atoms with E-state index in [0.717, 1.165) is 25.8 Å². The van der Waals surface area contributed by atoms with E-state index in [9.17, 15) is 0 Å². The Bertz CT molecular complexity index is 408. The van der Waals surface area contributed by atoms with E-state index < -0.39 is 8.32 Å². The zero-order chi connectivity index (χ0) is 13.0. The monoisotopic (exact) mass is 261 g/mol. The molecule has 2 nitrogen and oxygen atoms in total. The standard InChI is InChI=1S/C15H23NOSi/c1-18(2,3)17-15-10-9-14(16-12-15)11-13-7-5-4-6-8-13/h4-8,15H,9-12H2,1-3H3. The largest absolute Gasteiger partial charge is 0.413 e. The molecule has 0 spiro atoms. The van der Waals surface area contributed by atoms with Crippen LogP contribution in [0.5, 0.6) is 0 Å². The first-order valence-electron chi connectivity index (χ1n) is 6.77. The van der Waals surface area contributed by atoms with Crippen molar-refractivity contribution in [1.29, 1.82) is 0 Å². The second kappa shape index (κ2) is 5.80. The maximum atomic E-state index is 6.11. The summed E-state index contributed by atoms with van der Waals surface area (Å²) in [6.45, 7) is 7.59. The van der Waals surface area contributed by atoms with E-state index in [4.69, 9.17) is 9.42 Å². The first-order valence-corrected chi connectivity index (χ1v) is 10.2. The summed E-state index contributed by atoms with van der Waals surface area (Å²) < 4.78 is 6.11. The van der Waals surface area contributed by atoms with Gasteiger partial charge in [-0.3, -0.25) is 4.99 Å². The Morgan fingerprint density at radius 1 is 1.22 bits per heavy atom. The zero-order valence-electron chi connectivity index (χ0n) is 11.6. The average Bonchev–Trinajstić information content (AvgIpc) is 2.31. The Labute approximate surface area is 111 Å². The van der Waals surface area contributed by atoms with Crippen LogP contribution in [0.15, 0.2) is 35.3 Å². The minimum Gasteiger partial charge on any atom is -0.413 e. The van der Waals surface area contributed by atoms with E-state index in [1.165, 1.54) is 11.3 Å². The zero-order valence-corrected chi connectivity index (χ0v) is 12.6. The van der Waals surface area contributed by atoms with Crippen molar-refractivity contribution in [2.45, 2.75) is 45.0 Å². The maximum Gasteiger partial charge on any atom is 0.184 e. The molecule has 0 N–H and O–H groups in total. The molecule has 1 aliphatic rings. The van der Waals surface area contributed by atoms with Crippen molar-refractivity contribution in [2.24, 2.45) is 4.99 Å². The van der Waals surface area contributed by atoms with Crippen molar-refractivity contribution < 1.29 is 4.43 Å². The second-order valence-corrected chi connectivity index (χ2v) is 10.4. The van der Waals surface area contributed by atoms with Crippen molar-refractivity contribution >= 4 is 14.0 Å². The number of hydrogen-bond donors (Lipinski definition) is 0. The van der Waals surface area contributed by atoms with Gasteiger partial charge in [-0.1, -0.05) is 30.3 Å². The molecule has 2 rings (SSSR count). The molecule has 0 bridgehead atoms. The lowest BCUT2D eigenvalue weighted by Crippen LogP contribution is -2.35. The third-order valence-corrected chi connectivity index (χ3v) is 4.09. The van der Waals surface area contributed by atoms with Gasteiger partial charge in [-0.05, 0) is 38.0 Å². The predicted octanol–water partition coefficient (Wildman–Crippen LogP) is 3.68. The molecule has 3 heteroatoms. The minimum absolute atomic E-state index is 0.358. The summed E-state index contributed by atoms with van der Waals surface area (Å²) >= 11 is 0. The van der Waals surface area contributed by atoms with Crippen LogP contribution < -0.4 is 0 Å². The summed E-state index contributed by atoms with van der Waals surface area (Å²) in [5.41, 5.74) is 2.69. The molecule has 1 unspecified atom stereocenters. The van der Waals surface area contributed by atoms with Crippen molar-refractivity contribution in [3.05, 3.63) is 35.9 Å². The Balaban J connectivity index is 1.87. The summed E-state index contributed by atoms with van der Waals surface area (Å²) in [7, 11) is -1.41. The Hall–Kier alpha value is -0.933. The summed E-state index contributed by atoms with van der Waals surface area (Å²) in [5.74, 6) is 0. The highest BCUT2D eigenvalue weighted by Gasteiger charge is 2.23. The van der Waals surface area contributed by atoms with E-state index >= 15 is 0 Å². The van der Waals surface area contributed by atoms with E-state index in [1.807, 2.05) is 0 Å². The molecule has 0 saturated heterocycles. The van der Waals surface area contributed by atoms with Crippen LogP contribution >= 0.6 is 0 Å². The van der Waals surface area contributed by atoms with Crippen LogP contribution in [0, 0.1) is 0 Å². The molecule has 0 aliphatic carbocycles. The molecular weight excluding hydrogens is 238 g/mol. The average molecular weight is 261 g/mol. The van der Waals surface area contributed by atoms with Crippen LogP contribution in [0.2, 0.25) is 19.6 Å². The van der Waals surface area contributed by atoms with Gasteiger partial charge in [-0.25, -0.2) is 0 Å². The van der Waals surface area contributed by atoms with Crippen LogP contribution in [0.3, 0.4) is 0 Å². The van der Waals surface area contributed by atoms with Gasteiger partial charge in [0.05, 0.1) is 12.6 Å². The minimum atomic E-state index is -1.41. The smallest absolute Gasteiger partial charge is 0.184 e. The molecule has 1 aromatic rings. The molecule has 0 fully saturated rings. The van der Waals surface area contributed by atoms with Gasteiger partial charge in [0.25, 0.3) is 0 Å². The fourth-order valence-electron chi connectivity index (χ4n) is 2.30. The molecule has 1 atom stereocenters. The molecule has 0 radical (unpaired) electrons. The summed E-state index contributed by atoms with van der Waals surface area (Å²) in [4.78, 5) is 4.70. The topological polar surface area (TPSA) is 21.6 Å². The van der Waals surface area contributed by atoms with Gasteiger partial charge >= 0.3 is 0 Å². The number of hydrogen-bond acceptors (Lipinski definition) is 2. The normalized spacial score (nSPS) is 20.6. The highest BCUT2D eigenvalue weighted by molar-refractivity contribution is 6.69. The van der Waals surface area contributed by atoms with Crippen molar-refractivity contribution in [1.82, 2.24) is 0 Å². The van der Waals surface area contributed by atoms with E-state index in [2.05, 4.69) is 50.0 Å². The van der Waals surface area contributed by atoms with Crippen molar-refractivity contribution in [3.8, 4) is 0 Å². The lowest BCUT2D eigenvalue weighted by molar-refractivity contribution is 0.190. The van der Waals surface area contributed by atoms with Crippen molar-refractivity contribution in [3.63, 3.8) is 0 Å². The number of rotatable bonds is 4. The third kappa shape index (κ3) is 4.39. The molecule has 1 aromatic carbocycles. The number of benzene rings is 1. The molecule has 0 amide bonds. The van der Waals surface area contributed by atoms with Crippen LogP contribution in [0.4, 0.5) is 0 Å². The highest BCUT2D eigenvalue weighted by atomic mass is 28.4. The first kappa shape index (κ1) is 13.5. The lowest BCUT2D eigenvalue weighted by atomic mass is 10.0. The van der Waals surface area contributed by atoms with Crippen LogP contribution in [0.25, 0.3) is 0 Å². The molecule has 1 aliphatic heterocycles. The summed E-state index contributed by atoms with van der Waals surface area (Å²) in [6, 6.07) is 10.6. The molecule has 0 aromatic heterocycles. The Morgan fingerprint density at radius 2 is 1.94 bits per heavy atom. The van der Waals surface area contributed by atoms with Crippen LogP contribution in [0.1, 0.15) is 18.4 Å². The van der Waals surface area contributed by atoms with Gasteiger partial charge in [-0.15, -0.1) is 0 Å². The van der Waals surface area contributed by atoms with Crippen molar-refractivity contribution in [2.75, 3.05) is 6.54 Å². The van der Waals surface area contributed by atoms with Crippen LogP contribution in [-0.2, 0) is 10.8 Å². The first-order chi connectivity index (χ1) is 8.53. The second-order valence-electron chi connectivity index (χ2n) is 5.96. The third-order valence-electron chi connectivity index (χ3n) is 3.04. The van der Waals surface area contributed by atoms with Gasteiger partial charge in [0.2, 0.25) is 0 Å². The van der Waals surface area contributed by atoms with E-state index in [-0.39, 0.29) is 0 Å². The predicted molar refractivity (Wildman–Crippen MR) is 79.9 cm³/mol. The molecule has 1 heterocycles. The number of aliphatic imine (C=N–C) groups is 1. The number of nitrogens with zero attached hydrogens (tertiary/aromatic N) is 1. The van der Waals surface area contributed by atoms with Gasteiger partial charge < -0.3 is 4.43 Å². The summed E-state index contributed by atoms with van der Waals surface area (Å²) in [6.07, 6.45) is 3.58. The quantitative estimate of drug-likeness (QED) is 0.758. The molecule has 98 valence electrons. The van der Waals surface area contributed by atoms with E-state index in [1.54, 1.807) is 0 Å². The lowest BCUT2D eigenvalue weighted by Gasteiger charge is -2.28. The highest BCUT2D eigenvalue weighted by Crippen LogP contribution is 2.18.